The molecule has 0 aromatic carbocycles. The number of carbonyl (C=O) groups excluding carboxylic acids is 2. The average molecular weight is 280 g/mol. The van der Waals surface area contributed by atoms with Gasteiger partial charge >= 0.3 is 5.97 Å². The molecule has 0 bridgehead atoms. The molecule has 1 N–H and O–H groups in total. The number of aliphatic hydroxyl groups is 1. The van der Waals surface area contributed by atoms with E-state index in [0.717, 1.165) is 17.6 Å². The van der Waals surface area contributed by atoms with E-state index in [-0.39, 0.29) is 29.0 Å². The Morgan fingerprint density at radius 3 is 2.75 bits per heavy atom. The van der Waals surface area contributed by atoms with E-state index in [0.29, 0.717) is 19.3 Å². The Labute approximate surface area is 120 Å². The van der Waals surface area contributed by atoms with Gasteiger partial charge in [-0.25, -0.2) is 0 Å². The number of carbonyl (C=O) groups is 2. The van der Waals surface area contributed by atoms with Crippen molar-refractivity contribution in [3.63, 3.8) is 0 Å². The maximum absolute atomic E-state index is 11.9. The highest BCUT2D eigenvalue weighted by Gasteiger charge is 2.46. The van der Waals surface area contributed by atoms with Crippen molar-refractivity contribution in [1.29, 1.82) is 0 Å². The van der Waals surface area contributed by atoms with Crippen molar-refractivity contribution in [2.75, 3.05) is 7.11 Å². The quantitative estimate of drug-likeness (QED) is 0.788. The molecule has 4 atom stereocenters. The van der Waals surface area contributed by atoms with Gasteiger partial charge in [-0.05, 0) is 37.2 Å². The SMILES string of the molecule is COC(=O)[C@@H](C)[C@H]1CC2=C(C)C(=O)CC[C@]2(C)C[C@@H]1O. The zero-order valence-electron chi connectivity index (χ0n) is 12.7. The largest absolute Gasteiger partial charge is 0.469 e. The summed E-state index contributed by atoms with van der Waals surface area (Å²) in [5.41, 5.74) is 1.89. The van der Waals surface area contributed by atoms with E-state index in [1.165, 1.54) is 7.11 Å². The van der Waals surface area contributed by atoms with Gasteiger partial charge in [-0.2, -0.15) is 0 Å². The number of ether oxygens (including phenoxy) is 1. The minimum atomic E-state index is -0.515. The Balaban J connectivity index is 2.32. The molecule has 0 radical (unpaired) electrons. The Hall–Kier alpha value is -1.16. The van der Waals surface area contributed by atoms with Crippen LogP contribution in [0.3, 0.4) is 0 Å². The van der Waals surface area contributed by atoms with Gasteiger partial charge in [-0.1, -0.05) is 19.4 Å². The molecule has 0 heterocycles. The summed E-state index contributed by atoms with van der Waals surface area (Å²) in [6, 6.07) is 0. The highest BCUT2D eigenvalue weighted by molar-refractivity contribution is 5.96. The molecule has 0 aliphatic heterocycles. The van der Waals surface area contributed by atoms with Gasteiger partial charge in [0.2, 0.25) is 0 Å². The van der Waals surface area contributed by atoms with Crippen LogP contribution in [-0.4, -0.2) is 30.1 Å². The van der Waals surface area contributed by atoms with E-state index in [1.54, 1.807) is 6.92 Å². The average Bonchev–Trinajstić information content (AvgIpc) is 2.41. The Morgan fingerprint density at radius 2 is 2.15 bits per heavy atom. The number of esters is 1. The summed E-state index contributed by atoms with van der Waals surface area (Å²) in [5, 5.41) is 10.4. The standard InChI is InChI=1S/C16H24O4/c1-9(15(19)20-4)11-7-12-10(2)13(17)5-6-16(12,3)8-14(11)18/h9,11,14,18H,5-8H2,1-4H3/t9-,11+,14-,16+/m0/s1. The predicted octanol–water partition coefficient (Wildman–Crippen LogP) is 2.25. The third-order valence-electron chi connectivity index (χ3n) is 5.31. The van der Waals surface area contributed by atoms with E-state index in [1.807, 2.05) is 6.92 Å². The van der Waals surface area contributed by atoms with Gasteiger partial charge in [0.15, 0.2) is 5.78 Å². The van der Waals surface area contributed by atoms with E-state index < -0.39 is 6.10 Å². The van der Waals surface area contributed by atoms with Crippen molar-refractivity contribution >= 4 is 11.8 Å². The first-order valence-corrected chi connectivity index (χ1v) is 7.29. The lowest BCUT2D eigenvalue weighted by atomic mass is 9.59. The maximum atomic E-state index is 11.9. The van der Waals surface area contributed by atoms with Gasteiger partial charge in [0, 0.05) is 12.3 Å². The minimum absolute atomic E-state index is 0.0935. The molecule has 0 saturated heterocycles. The molecule has 112 valence electrons. The molecule has 0 spiro atoms. The van der Waals surface area contributed by atoms with Crippen molar-refractivity contribution in [3.05, 3.63) is 11.1 Å². The summed E-state index contributed by atoms with van der Waals surface area (Å²) in [5.74, 6) is -0.598. The maximum Gasteiger partial charge on any atom is 0.308 e. The number of fused-ring (bicyclic) bond motifs is 1. The fourth-order valence-electron chi connectivity index (χ4n) is 3.83. The highest BCUT2D eigenvalue weighted by atomic mass is 16.5. The number of Topliss-reactive ketones (excluding diaryl/α,β-unsaturated/α-hetero) is 1. The van der Waals surface area contributed by atoms with Crippen LogP contribution in [0.2, 0.25) is 0 Å². The molecule has 0 amide bonds. The van der Waals surface area contributed by atoms with E-state index in [2.05, 4.69) is 6.92 Å². The van der Waals surface area contributed by atoms with Crippen LogP contribution >= 0.6 is 0 Å². The Kier molecular flexibility index (Phi) is 4.05. The van der Waals surface area contributed by atoms with Crippen LogP contribution in [0.1, 0.15) is 46.5 Å². The second-order valence-corrected chi connectivity index (χ2v) is 6.54. The summed E-state index contributed by atoms with van der Waals surface area (Å²) in [6.07, 6.45) is 2.09. The summed E-state index contributed by atoms with van der Waals surface area (Å²) in [4.78, 5) is 23.7. The number of methoxy groups -OCH3 is 1. The number of rotatable bonds is 2. The summed E-state index contributed by atoms with van der Waals surface area (Å²) < 4.78 is 4.79. The van der Waals surface area contributed by atoms with Gasteiger partial charge < -0.3 is 9.84 Å². The molecule has 20 heavy (non-hydrogen) atoms. The Bertz CT molecular complexity index is 465. The van der Waals surface area contributed by atoms with Gasteiger partial charge in [0.25, 0.3) is 0 Å². The van der Waals surface area contributed by atoms with Crippen molar-refractivity contribution in [3.8, 4) is 0 Å². The van der Waals surface area contributed by atoms with Crippen LogP contribution in [0.15, 0.2) is 11.1 Å². The summed E-state index contributed by atoms with van der Waals surface area (Å²) in [6.45, 7) is 5.80. The molecule has 4 heteroatoms. The number of hydrogen-bond donors (Lipinski definition) is 1. The van der Waals surface area contributed by atoms with Gasteiger partial charge in [0.1, 0.15) is 0 Å². The molecule has 1 fully saturated rings. The summed E-state index contributed by atoms with van der Waals surface area (Å²) in [7, 11) is 1.37. The van der Waals surface area contributed by atoms with E-state index in [9.17, 15) is 14.7 Å². The molecule has 0 aromatic rings. The molecular weight excluding hydrogens is 256 g/mol. The molecule has 0 aromatic heterocycles. The van der Waals surface area contributed by atoms with Crippen LogP contribution in [0.25, 0.3) is 0 Å². The number of ketones is 1. The third kappa shape index (κ3) is 2.41. The topological polar surface area (TPSA) is 63.6 Å². The van der Waals surface area contributed by atoms with Gasteiger partial charge in [-0.15, -0.1) is 0 Å². The second kappa shape index (κ2) is 5.32. The lowest BCUT2D eigenvalue weighted by Crippen LogP contribution is -2.44. The van der Waals surface area contributed by atoms with Gasteiger partial charge in [-0.3, -0.25) is 9.59 Å². The first-order chi connectivity index (χ1) is 9.30. The first kappa shape index (κ1) is 15.2. The zero-order chi connectivity index (χ0) is 15.1. The first-order valence-electron chi connectivity index (χ1n) is 7.29. The second-order valence-electron chi connectivity index (χ2n) is 6.54. The fourth-order valence-corrected chi connectivity index (χ4v) is 3.83. The van der Waals surface area contributed by atoms with Crippen molar-refractivity contribution in [2.45, 2.75) is 52.6 Å². The highest BCUT2D eigenvalue weighted by Crippen LogP contribution is 2.51. The smallest absolute Gasteiger partial charge is 0.308 e. The Morgan fingerprint density at radius 1 is 1.50 bits per heavy atom. The van der Waals surface area contributed by atoms with Crippen molar-refractivity contribution in [2.24, 2.45) is 17.3 Å². The molecule has 2 rings (SSSR count). The van der Waals surface area contributed by atoms with Crippen LogP contribution in [-0.2, 0) is 14.3 Å². The van der Waals surface area contributed by atoms with Crippen molar-refractivity contribution in [1.82, 2.24) is 0 Å². The molecule has 2 aliphatic carbocycles. The molecular formula is C16H24O4. The number of aliphatic hydroxyl groups excluding tert-OH is 1. The molecule has 2 aliphatic rings. The van der Waals surface area contributed by atoms with E-state index in [4.69, 9.17) is 4.74 Å². The zero-order valence-corrected chi connectivity index (χ0v) is 12.7. The third-order valence-corrected chi connectivity index (χ3v) is 5.31. The number of allylic oxidation sites excluding steroid dienone is 2. The fraction of sp³-hybridized carbons (Fsp3) is 0.750. The van der Waals surface area contributed by atoms with E-state index >= 15 is 0 Å². The normalized spacial score (nSPS) is 35.5. The minimum Gasteiger partial charge on any atom is -0.469 e. The molecule has 1 saturated carbocycles. The predicted molar refractivity (Wildman–Crippen MR) is 75.0 cm³/mol. The van der Waals surface area contributed by atoms with Crippen LogP contribution in [0, 0.1) is 17.3 Å². The lowest BCUT2D eigenvalue weighted by Gasteiger charge is -2.47. The van der Waals surface area contributed by atoms with Crippen LogP contribution in [0.4, 0.5) is 0 Å². The molecule has 0 unspecified atom stereocenters. The van der Waals surface area contributed by atoms with Crippen LogP contribution in [0.5, 0.6) is 0 Å². The van der Waals surface area contributed by atoms with Crippen molar-refractivity contribution < 1.29 is 19.4 Å². The lowest BCUT2D eigenvalue weighted by molar-refractivity contribution is -0.149. The van der Waals surface area contributed by atoms with Gasteiger partial charge in [0.05, 0.1) is 19.1 Å². The number of hydrogen-bond acceptors (Lipinski definition) is 4. The summed E-state index contributed by atoms with van der Waals surface area (Å²) >= 11 is 0. The molecule has 4 nitrogen and oxygen atoms in total. The monoisotopic (exact) mass is 280 g/mol. The van der Waals surface area contributed by atoms with Crippen LogP contribution < -0.4 is 0 Å².